The molecule has 0 N–H and O–H groups in total. The lowest BCUT2D eigenvalue weighted by Gasteiger charge is -2.31. The average molecular weight is 268 g/mol. The molecule has 0 radical (unpaired) electrons. The minimum Gasteiger partial charge on any atom is -0.353 e. The highest BCUT2D eigenvalue weighted by Gasteiger charge is 2.24. The normalized spacial score (nSPS) is 16.5. The van der Waals surface area contributed by atoms with Crippen molar-refractivity contribution in [1.29, 1.82) is 0 Å². The Morgan fingerprint density at radius 1 is 1.33 bits per heavy atom. The molecule has 0 unspecified atom stereocenters. The molecule has 1 aliphatic rings. The maximum atomic E-state index is 5.99. The number of rotatable bonds is 4. The van der Waals surface area contributed by atoms with Gasteiger partial charge in [-0.15, -0.1) is 0 Å². The first kappa shape index (κ1) is 13.6. The first-order chi connectivity index (χ1) is 8.56. The SMILES string of the molecule is Cc1cc(N(CC(C)C)C2CCCC2)nc(Cl)n1. The van der Waals surface area contributed by atoms with E-state index in [0.717, 1.165) is 18.1 Å². The molecule has 1 heterocycles. The summed E-state index contributed by atoms with van der Waals surface area (Å²) in [5.74, 6) is 1.62. The number of anilines is 1. The van der Waals surface area contributed by atoms with Crippen molar-refractivity contribution in [1.82, 2.24) is 9.97 Å². The van der Waals surface area contributed by atoms with Crippen LogP contribution in [0.3, 0.4) is 0 Å². The van der Waals surface area contributed by atoms with Gasteiger partial charge in [0.2, 0.25) is 5.28 Å². The molecule has 0 aliphatic heterocycles. The van der Waals surface area contributed by atoms with Crippen LogP contribution in [-0.2, 0) is 0 Å². The predicted octanol–water partition coefficient (Wildman–Crippen LogP) is 3.84. The van der Waals surface area contributed by atoms with Crippen molar-refractivity contribution in [2.75, 3.05) is 11.4 Å². The Morgan fingerprint density at radius 2 is 2.00 bits per heavy atom. The van der Waals surface area contributed by atoms with Crippen molar-refractivity contribution >= 4 is 17.4 Å². The van der Waals surface area contributed by atoms with Gasteiger partial charge in [0.25, 0.3) is 0 Å². The van der Waals surface area contributed by atoms with Crippen molar-refractivity contribution in [3.63, 3.8) is 0 Å². The molecule has 0 amide bonds. The molecule has 0 bridgehead atoms. The summed E-state index contributed by atoms with van der Waals surface area (Å²) in [4.78, 5) is 11.0. The van der Waals surface area contributed by atoms with Crippen molar-refractivity contribution in [2.45, 2.75) is 52.5 Å². The highest BCUT2D eigenvalue weighted by Crippen LogP contribution is 2.28. The van der Waals surface area contributed by atoms with Gasteiger partial charge in [0, 0.05) is 24.3 Å². The van der Waals surface area contributed by atoms with Crippen molar-refractivity contribution in [2.24, 2.45) is 5.92 Å². The summed E-state index contributed by atoms with van der Waals surface area (Å²) >= 11 is 5.99. The smallest absolute Gasteiger partial charge is 0.224 e. The lowest BCUT2D eigenvalue weighted by molar-refractivity contribution is 0.530. The fourth-order valence-electron chi connectivity index (χ4n) is 2.70. The molecule has 1 aromatic rings. The van der Waals surface area contributed by atoms with E-state index in [2.05, 4.69) is 28.7 Å². The van der Waals surface area contributed by atoms with E-state index in [4.69, 9.17) is 11.6 Å². The van der Waals surface area contributed by atoms with Gasteiger partial charge in [-0.2, -0.15) is 0 Å². The third-order valence-electron chi connectivity index (χ3n) is 3.43. The summed E-state index contributed by atoms with van der Waals surface area (Å²) in [7, 11) is 0. The van der Waals surface area contributed by atoms with Crippen LogP contribution in [0, 0.1) is 12.8 Å². The highest BCUT2D eigenvalue weighted by molar-refractivity contribution is 6.28. The fraction of sp³-hybridized carbons (Fsp3) is 0.714. The molecule has 100 valence electrons. The standard InChI is InChI=1S/C14H22ClN3/c1-10(2)9-18(12-6-4-5-7-12)13-8-11(3)16-14(15)17-13/h8,10,12H,4-7,9H2,1-3H3. The zero-order valence-electron chi connectivity index (χ0n) is 11.5. The fourth-order valence-corrected chi connectivity index (χ4v) is 2.92. The van der Waals surface area contributed by atoms with E-state index >= 15 is 0 Å². The van der Waals surface area contributed by atoms with Gasteiger partial charge in [-0.1, -0.05) is 26.7 Å². The largest absolute Gasteiger partial charge is 0.353 e. The second-order valence-corrected chi connectivity index (χ2v) is 5.96. The molecule has 1 aliphatic carbocycles. The van der Waals surface area contributed by atoms with Gasteiger partial charge in [0.15, 0.2) is 0 Å². The van der Waals surface area contributed by atoms with E-state index in [9.17, 15) is 0 Å². The van der Waals surface area contributed by atoms with E-state index in [1.807, 2.05) is 13.0 Å². The van der Waals surface area contributed by atoms with Crippen LogP contribution >= 0.6 is 11.6 Å². The number of hydrogen-bond donors (Lipinski definition) is 0. The second kappa shape index (κ2) is 5.87. The van der Waals surface area contributed by atoms with E-state index in [1.165, 1.54) is 25.7 Å². The number of nitrogens with zero attached hydrogens (tertiary/aromatic N) is 3. The Hall–Kier alpha value is -0.830. The van der Waals surface area contributed by atoms with E-state index in [-0.39, 0.29) is 0 Å². The molecule has 3 nitrogen and oxygen atoms in total. The van der Waals surface area contributed by atoms with E-state index in [0.29, 0.717) is 17.2 Å². The Morgan fingerprint density at radius 3 is 2.56 bits per heavy atom. The molecule has 4 heteroatoms. The van der Waals surface area contributed by atoms with Gasteiger partial charge in [0.05, 0.1) is 0 Å². The van der Waals surface area contributed by atoms with Gasteiger partial charge in [-0.25, -0.2) is 9.97 Å². The number of halogens is 1. The van der Waals surface area contributed by atoms with Crippen LogP contribution in [0.1, 0.15) is 45.2 Å². The van der Waals surface area contributed by atoms with Crippen LogP contribution in [0.5, 0.6) is 0 Å². The molecule has 1 saturated carbocycles. The molecular formula is C14H22ClN3. The molecule has 0 spiro atoms. The molecular weight excluding hydrogens is 246 g/mol. The zero-order chi connectivity index (χ0) is 13.1. The topological polar surface area (TPSA) is 29.0 Å². The van der Waals surface area contributed by atoms with Gasteiger partial charge in [-0.3, -0.25) is 0 Å². The quantitative estimate of drug-likeness (QED) is 0.776. The van der Waals surface area contributed by atoms with Crippen molar-refractivity contribution < 1.29 is 0 Å². The van der Waals surface area contributed by atoms with Crippen molar-refractivity contribution in [3.8, 4) is 0 Å². The zero-order valence-corrected chi connectivity index (χ0v) is 12.2. The van der Waals surface area contributed by atoms with Crippen LogP contribution < -0.4 is 4.90 Å². The third kappa shape index (κ3) is 3.35. The van der Waals surface area contributed by atoms with E-state index in [1.54, 1.807) is 0 Å². The van der Waals surface area contributed by atoms with Gasteiger partial charge >= 0.3 is 0 Å². The maximum Gasteiger partial charge on any atom is 0.224 e. The maximum absolute atomic E-state index is 5.99. The van der Waals surface area contributed by atoms with Gasteiger partial charge in [-0.05, 0) is 37.3 Å². The van der Waals surface area contributed by atoms with Crippen LogP contribution in [0.25, 0.3) is 0 Å². The first-order valence-corrected chi connectivity index (χ1v) is 7.22. The summed E-state index contributed by atoms with van der Waals surface area (Å²) in [6, 6.07) is 2.67. The molecule has 18 heavy (non-hydrogen) atoms. The predicted molar refractivity (Wildman–Crippen MR) is 76.2 cm³/mol. The summed E-state index contributed by atoms with van der Waals surface area (Å²) in [6.45, 7) is 7.51. The minimum atomic E-state index is 0.358. The Labute approximate surface area is 115 Å². The molecule has 1 fully saturated rings. The monoisotopic (exact) mass is 267 g/mol. The molecule has 2 rings (SSSR count). The molecule has 1 aromatic heterocycles. The van der Waals surface area contributed by atoms with Crippen LogP contribution in [0.4, 0.5) is 5.82 Å². The Kier molecular flexibility index (Phi) is 4.44. The average Bonchev–Trinajstić information content (AvgIpc) is 2.77. The van der Waals surface area contributed by atoms with Crippen LogP contribution in [0.15, 0.2) is 6.07 Å². The molecule has 0 atom stereocenters. The molecule has 0 saturated heterocycles. The summed E-state index contributed by atoms with van der Waals surface area (Å²) in [5, 5.41) is 0.358. The first-order valence-electron chi connectivity index (χ1n) is 6.84. The van der Waals surface area contributed by atoms with Gasteiger partial charge < -0.3 is 4.90 Å². The third-order valence-corrected chi connectivity index (χ3v) is 3.60. The summed E-state index contributed by atoms with van der Waals surface area (Å²) in [6.07, 6.45) is 5.20. The summed E-state index contributed by atoms with van der Waals surface area (Å²) in [5.41, 5.74) is 0.941. The van der Waals surface area contributed by atoms with Gasteiger partial charge in [0.1, 0.15) is 5.82 Å². The minimum absolute atomic E-state index is 0.358. The summed E-state index contributed by atoms with van der Waals surface area (Å²) < 4.78 is 0. The Bertz CT molecular complexity index is 380. The lowest BCUT2D eigenvalue weighted by Crippen LogP contribution is -2.37. The van der Waals surface area contributed by atoms with Crippen molar-refractivity contribution in [3.05, 3.63) is 17.0 Å². The van der Waals surface area contributed by atoms with E-state index < -0.39 is 0 Å². The second-order valence-electron chi connectivity index (χ2n) is 5.62. The van der Waals surface area contributed by atoms with Crippen LogP contribution in [-0.4, -0.2) is 22.6 Å². The Balaban J connectivity index is 2.26. The molecule has 0 aromatic carbocycles. The number of aromatic nitrogens is 2. The van der Waals surface area contributed by atoms with Crippen LogP contribution in [0.2, 0.25) is 5.28 Å². The number of hydrogen-bond acceptors (Lipinski definition) is 3. The lowest BCUT2D eigenvalue weighted by atomic mass is 10.1. The number of aryl methyl sites for hydroxylation is 1. The highest BCUT2D eigenvalue weighted by atomic mass is 35.5.